The Labute approximate surface area is 247 Å². The highest BCUT2D eigenvalue weighted by Gasteiger charge is 2.23. The molecule has 242 valence electrons. The number of amides is 2. The summed E-state index contributed by atoms with van der Waals surface area (Å²) >= 11 is 0. The second-order valence-electron chi connectivity index (χ2n) is 7.82. The number of ether oxygens (including phenoxy) is 7. The second kappa shape index (κ2) is 32.4. The van der Waals surface area contributed by atoms with Crippen LogP contribution >= 0.6 is 0 Å². The number of hydrogen-bond donors (Lipinski definition) is 2. The van der Waals surface area contributed by atoms with Crippen LogP contribution in [0.3, 0.4) is 0 Å². The van der Waals surface area contributed by atoms with Gasteiger partial charge in [-0.3, -0.25) is 14.5 Å². The van der Waals surface area contributed by atoms with E-state index in [1.807, 2.05) is 27.7 Å². The van der Waals surface area contributed by atoms with E-state index in [0.29, 0.717) is 98.1 Å². The molecule has 0 fully saturated rings. The summed E-state index contributed by atoms with van der Waals surface area (Å²) in [4.78, 5) is 24.1. The highest BCUT2D eigenvalue weighted by Crippen LogP contribution is 2.05. The summed E-state index contributed by atoms with van der Waals surface area (Å²) in [6, 6.07) is 0. The van der Waals surface area contributed by atoms with Crippen molar-refractivity contribution in [2.75, 3.05) is 106 Å². The average Bonchev–Trinajstić information content (AvgIpc) is 3.29. The molecule has 13 heteroatoms. The van der Waals surface area contributed by atoms with Crippen molar-refractivity contribution < 1.29 is 42.7 Å². The molecule has 0 aromatic rings. The first-order chi connectivity index (χ1) is 20.0. The van der Waals surface area contributed by atoms with Crippen molar-refractivity contribution in [2.45, 2.75) is 41.0 Å². The van der Waals surface area contributed by atoms with Crippen molar-refractivity contribution in [3.05, 3.63) is 24.0 Å². The Hall–Kier alpha value is -2.10. The Kier molecular flexibility index (Phi) is 32.4. The highest BCUT2D eigenvalue weighted by molar-refractivity contribution is 6.13. The zero-order chi connectivity index (χ0) is 31.0. The molecule has 2 amide bonds. The second-order valence-corrected chi connectivity index (χ2v) is 7.82. The molecule has 1 aliphatic heterocycles. The first-order valence-electron chi connectivity index (χ1n) is 14.6. The Balaban J connectivity index is 0. The molecule has 0 aromatic heterocycles. The van der Waals surface area contributed by atoms with Crippen molar-refractivity contribution in [3.8, 4) is 0 Å². The molecule has 0 aliphatic carbocycles. The summed E-state index contributed by atoms with van der Waals surface area (Å²) in [5, 5.41) is 1.34. The average molecular weight is 593 g/mol. The minimum atomic E-state index is -0.394. The molecule has 0 spiro atoms. The van der Waals surface area contributed by atoms with Crippen molar-refractivity contribution >= 4 is 11.8 Å². The topological polar surface area (TPSA) is 157 Å². The summed E-state index contributed by atoms with van der Waals surface area (Å²) in [5.41, 5.74) is 6.13. The summed E-state index contributed by atoms with van der Waals surface area (Å²) in [6.07, 6.45) is 4.89. The third-order valence-electron chi connectivity index (χ3n) is 4.65. The monoisotopic (exact) mass is 592 g/mol. The van der Waals surface area contributed by atoms with Gasteiger partial charge >= 0.3 is 0 Å². The maximum absolute atomic E-state index is 11.5. The van der Waals surface area contributed by atoms with Gasteiger partial charge in [0.2, 0.25) is 0 Å². The lowest BCUT2D eigenvalue weighted by Gasteiger charge is -2.18. The van der Waals surface area contributed by atoms with Gasteiger partial charge in [0, 0.05) is 30.7 Å². The van der Waals surface area contributed by atoms with Gasteiger partial charge in [-0.15, -0.1) is 0 Å². The maximum Gasteiger partial charge on any atom is 0.253 e. The first-order valence-corrected chi connectivity index (χ1v) is 14.6. The molecule has 1 heterocycles. The third-order valence-corrected chi connectivity index (χ3v) is 4.65. The van der Waals surface area contributed by atoms with Crippen LogP contribution in [0.5, 0.6) is 0 Å². The van der Waals surface area contributed by atoms with Crippen LogP contribution in [0.4, 0.5) is 0 Å². The third kappa shape index (κ3) is 26.5. The number of hydrazine groups is 1. The van der Waals surface area contributed by atoms with Gasteiger partial charge in [-0.1, -0.05) is 34.6 Å². The first kappa shape index (κ1) is 41.0. The van der Waals surface area contributed by atoms with Gasteiger partial charge in [0.25, 0.3) is 11.8 Å². The Bertz CT molecular complexity index is 648. The largest absolute Gasteiger partial charge is 0.399 e. The molecule has 41 heavy (non-hydrogen) atoms. The van der Waals surface area contributed by atoms with E-state index in [-0.39, 0.29) is 6.54 Å². The van der Waals surface area contributed by atoms with E-state index in [0.717, 1.165) is 17.9 Å². The van der Waals surface area contributed by atoms with Gasteiger partial charge in [0.15, 0.2) is 0 Å². The van der Waals surface area contributed by atoms with E-state index in [2.05, 4.69) is 6.92 Å². The van der Waals surface area contributed by atoms with E-state index in [1.165, 1.54) is 23.4 Å². The van der Waals surface area contributed by atoms with E-state index < -0.39 is 11.8 Å². The fourth-order valence-corrected chi connectivity index (χ4v) is 2.82. The molecule has 1 aliphatic rings. The lowest BCUT2D eigenvalue weighted by molar-refractivity contribution is -0.136. The van der Waals surface area contributed by atoms with Crippen LogP contribution in [0.25, 0.3) is 0 Å². The number of hydrogen-bond acceptors (Lipinski definition) is 12. The summed E-state index contributed by atoms with van der Waals surface area (Å²) in [7, 11) is 0. The van der Waals surface area contributed by atoms with Crippen molar-refractivity contribution in [1.29, 1.82) is 0 Å². The van der Waals surface area contributed by atoms with Gasteiger partial charge in [-0.05, 0) is 6.42 Å². The summed E-state index contributed by atoms with van der Waals surface area (Å²) in [6.45, 7) is 17.7. The quantitative estimate of drug-likeness (QED) is 0.0646. The number of nitrogens with two attached hydrogens (primary N) is 2. The molecule has 0 aromatic carbocycles. The van der Waals surface area contributed by atoms with E-state index in [9.17, 15) is 9.59 Å². The minimum Gasteiger partial charge on any atom is -0.399 e. The number of carbonyl (C=O) groups is 2. The molecular formula is C28H56N4O9. The fraction of sp³-hybridized carbons (Fsp3) is 0.786. The van der Waals surface area contributed by atoms with Crippen LogP contribution in [0.2, 0.25) is 0 Å². The molecular weight excluding hydrogens is 536 g/mol. The van der Waals surface area contributed by atoms with Crippen LogP contribution < -0.4 is 11.6 Å². The van der Waals surface area contributed by atoms with Gasteiger partial charge in [-0.2, -0.15) is 0 Å². The van der Waals surface area contributed by atoms with Crippen LogP contribution in [0, 0.1) is 0 Å². The van der Waals surface area contributed by atoms with Crippen LogP contribution in [0.15, 0.2) is 24.0 Å². The molecule has 0 atom stereocenters. The predicted octanol–water partition coefficient (Wildman–Crippen LogP) is 1.47. The molecule has 4 N–H and O–H groups in total. The smallest absolute Gasteiger partial charge is 0.253 e. The molecule has 0 saturated heterocycles. The minimum absolute atomic E-state index is 0.0123. The van der Waals surface area contributed by atoms with Crippen molar-refractivity contribution in [3.63, 3.8) is 0 Å². The molecule has 1 rings (SSSR count). The van der Waals surface area contributed by atoms with Crippen LogP contribution in [0.1, 0.15) is 41.0 Å². The number of nitrogens with zero attached hydrogens (tertiary/aromatic N) is 2. The zero-order valence-electron chi connectivity index (χ0n) is 26.0. The SMILES string of the molecule is CC.CC.CCCOCCOCCOCCOCCOCCOCCOCCN(N)/C=C(\N)CN1C(=O)C=CC1=O. The molecule has 0 radical (unpaired) electrons. The number of rotatable bonds is 26. The van der Waals surface area contributed by atoms with Gasteiger partial charge in [-0.25, -0.2) is 5.84 Å². The molecule has 0 unspecified atom stereocenters. The highest BCUT2D eigenvalue weighted by atomic mass is 16.6. The van der Waals surface area contributed by atoms with Gasteiger partial charge < -0.3 is 43.9 Å². The van der Waals surface area contributed by atoms with Gasteiger partial charge in [0.1, 0.15) is 0 Å². The zero-order valence-corrected chi connectivity index (χ0v) is 26.0. The lowest BCUT2D eigenvalue weighted by atomic mass is 10.4. The number of carbonyl (C=O) groups excluding carboxylic acids is 2. The fourth-order valence-electron chi connectivity index (χ4n) is 2.82. The van der Waals surface area contributed by atoms with Crippen LogP contribution in [-0.4, -0.2) is 127 Å². The standard InChI is InChI=1S/C24H44N4O9.2C2H6/c1-2-6-31-8-10-33-12-14-35-16-18-37-19-17-36-15-13-34-11-9-32-7-5-27(26)20-22(25)21-28-23(29)3-4-24(28)30;2*1-2/h3-4,20H,2,5-19,21,25-26H2,1H3;2*1-2H3/b22-20-;;. The number of imide groups is 1. The van der Waals surface area contributed by atoms with Crippen molar-refractivity contribution in [1.82, 2.24) is 9.91 Å². The molecule has 0 saturated carbocycles. The molecule has 13 nitrogen and oxygen atoms in total. The van der Waals surface area contributed by atoms with E-state index in [1.54, 1.807) is 0 Å². The normalized spacial score (nSPS) is 12.7. The predicted molar refractivity (Wildman–Crippen MR) is 158 cm³/mol. The molecule has 0 bridgehead atoms. The van der Waals surface area contributed by atoms with Gasteiger partial charge in [0.05, 0.1) is 99.0 Å². The van der Waals surface area contributed by atoms with E-state index >= 15 is 0 Å². The summed E-state index contributed by atoms with van der Waals surface area (Å²) < 4.78 is 37.9. The Morgan fingerprint density at radius 2 is 0.976 bits per heavy atom. The lowest BCUT2D eigenvalue weighted by Crippen LogP contribution is -2.36. The Morgan fingerprint density at radius 3 is 1.32 bits per heavy atom. The summed E-state index contributed by atoms with van der Waals surface area (Å²) in [5.74, 6) is 5.04. The van der Waals surface area contributed by atoms with Crippen LogP contribution in [-0.2, 0) is 42.7 Å². The van der Waals surface area contributed by atoms with Crippen molar-refractivity contribution in [2.24, 2.45) is 11.6 Å². The van der Waals surface area contributed by atoms with E-state index in [4.69, 9.17) is 44.7 Å². The Morgan fingerprint density at radius 1 is 0.659 bits per heavy atom. The maximum atomic E-state index is 11.5.